The highest BCUT2D eigenvalue weighted by atomic mass is 32.1. The molecule has 1 N–H and O–H groups in total. The number of ether oxygens (including phenoxy) is 1. The molecule has 0 aliphatic carbocycles. The van der Waals surface area contributed by atoms with Crippen molar-refractivity contribution < 1.29 is 9.53 Å². The van der Waals surface area contributed by atoms with Gasteiger partial charge in [-0.3, -0.25) is 4.79 Å². The number of hydrogen-bond acceptors (Lipinski definition) is 3. The van der Waals surface area contributed by atoms with Crippen LogP contribution >= 0.6 is 11.3 Å². The molecule has 2 aromatic rings. The standard InChI is InChI=1S/C17H21NO2S/c1-13-9-10-16(21-13)17(19)18-11-6-12-20-14(2)15-7-4-3-5-8-15/h3-5,7-10,14H,6,11-12H2,1-2H3,(H,18,19). The van der Waals surface area contributed by atoms with E-state index in [0.29, 0.717) is 13.2 Å². The summed E-state index contributed by atoms with van der Waals surface area (Å²) in [7, 11) is 0. The molecular formula is C17H21NO2S. The number of thiophene rings is 1. The van der Waals surface area contributed by atoms with E-state index in [1.807, 2.05) is 44.2 Å². The summed E-state index contributed by atoms with van der Waals surface area (Å²) in [6, 6.07) is 14.0. The van der Waals surface area contributed by atoms with Crippen LogP contribution in [0.4, 0.5) is 0 Å². The molecule has 2 rings (SSSR count). The van der Waals surface area contributed by atoms with Crippen molar-refractivity contribution in [3.8, 4) is 0 Å². The molecule has 1 amide bonds. The SMILES string of the molecule is Cc1ccc(C(=O)NCCCOC(C)c2ccccc2)s1. The summed E-state index contributed by atoms with van der Waals surface area (Å²) in [6.07, 6.45) is 0.898. The summed E-state index contributed by atoms with van der Waals surface area (Å²) in [5.74, 6) is 0.00390. The maximum absolute atomic E-state index is 11.8. The van der Waals surface area contributed by atoms with Crippen molar-refractivity contribution in [1.29, 1.82) is 0 Å². The van der Waals surface area contributed by atoms with Gasteiger partial charge in [0.1, 0.15) is 0 Å². The Morgan fingerprint density at radius 2 is 2.00 bits per heavy atom. The lowest BCUT2D eigenvalue weighted by Gasteiger charge is -2.13. The Balaban J connectivity index is 1.63. The van der Waals surface area contributed by atoms with Crippen LogP contribution in [0.25, 0.3) is 0 Å². The number of hydrogen-bond donors (Lipinski definition) is 1. The Hall–Kier alpha value is -1.65. The first-order valence-corrected chi connectivity index (χ1v) is 7.99. The zero-order chi connectivity index (χ0) is 15.1. The molecule has 0 saturated heterocycles. The van der Waals surface area contributed by atoms with E-state index in [1.165, 1.54) is 16.9 Å². The predicted molar refractivity (Wildman–Crippen MR) is 86.8 cm³/mol. The van der Waals surface area contributed by atoms with Crippen molar-refractivity contribution in [2.24, 2.45) is 0 Å². The van der Waals surface area contributed by atoms with Gasteiger partial charge in [0, 0.05) is 18.0 Å². The molecule has 1 aromatic heterocycles. The minimum Gasteiger partial charge on any atom is -0.374 e. The van der Waals surface area contributed by atoms with Gasteiger partial charge in [0.25, 0.3) is 5.91 Å². The van der Waals surface area contributed by atoms with Gasteiger partial charge in [-0.05, 0) is 38.0 Å². The van der Waals surface area contributed by atoms with Crippen LogP contribution in [0, 0.1) is 6.92 Å². The molecule has 0 fully saturated rings. The van der Waals surface area contributed by atoms with Gasteiger partial charge < -0.3 is 10.1 Å². The summed E-state index contributed by atoms with van der Waals surface area (Å²) in [4.78, 5) is 13.8. The predicted octanol–water partition coefficient (Wildman–Crippen LogP) is 3.95. The third kappa shape index (κ3) is 4.99. The highest BCUT2D eigenvalue weighted by molar-refractivity contribution is 7.13. The minimum atomic E-state index is 0.00390. The van der Waals surface area contributed by atoms with Crippen LogP contribution in [-0.2, 0) is 4.74 Å². The molecule has 21 heavy (non-hydrogen) atoms. The molecule has 1 atom stereocenters. The maximum atomic E-state index is 11.8. The molecule has 4 heteroatoms. The molecule has 1 heterocycles. The van der Waals surface area contributed by atoms with Crippen LogP contribution in [0.5, 0.6) is 0 Å². The van der Waals surface area contributed by atoms with Gasteiger partial charge in [0.05, 0.1) is 11.0 Å². The van der Waals surface area contributed by atoms with E-state index in [2.05, 4.69) is 17.4 Å². The zero-order valence-corrected chi connectivity index (χ0v) is 13.3. The van der Waals surface area contributed by atoms with Gasteiger partial charge in [-0.25, -0.2) is 0 Å². The van der Waals surface area contributed by atoms with Crippen molar-refractivity contribution >= 4 is 17.2 Å². The summed E-state index contributed by atoms with van der Waals surface area (Å²) in [6.45, 7) is 5.32. The summed E-state index contributed by atoms with van der Waals surface area (Å²) in [5, 5.41) is 2.92. The first-order chi connectivity index (χ1) is 10.2. The van der Waals surface area contributed by atoms with Crippen molar-refractivity contribution in [2.45, 2.75) is 26.4 Å². The maximum Gasteiger partial charge on any atom is 0.261 e. The number of carbonyl (C=O) groups excluding carboxylic acids is 1. The third-order valence-corrected chi connectivity index (χ3v) is 4.21. The summed E-state index contributed by atoms with van der Waals surface area (Å²) >= 11 is 1.52. The Morgan fingerprint density at radius 1 is 1.24 bits per heavy atom. The van der Waals surface area contributed by atoms with Crippen molar-refractivity contribution in [3.63, 3.8) is 0 Å². The number of benzene rings is 1. The molecule has 0 radical (unpaired) electrons. The lowest BCUT2D eigenvalue weighted by atomic mass is 10.1. The van der Waals surface area contributed by atoms with Gasteiger partial charge in [0.2, 0.25) is 0 Å². The molecule has 112 valence electrons. The van der Waals surface area contributed by atoms with Crippen LogP contribution in [0.1, 0.15) is 39.6 Å². The molecule has 1 aromatic carbocycles. The van der Waals surface area contributed by atoms with Crippen molar-refractivity contribution in [3.05, 3.63) is 57.8 Å². The fraction of sp³-hybridized carbons (Fsp3) is 0.353. The van der Waals surface area contributed by atoms with E-state index in [4.69, 9.17) is 4.74 Å². The second kappa shape index (κ2) is 7.96. The number of rotatable bonds is 7. The van der Waals surface area contributed by atoms with Gasteiger partial charge in [-0.15, -0.1) is 11.3 Å². The van der Waals surface area contributed by atoms with Crippen LogP contribution in [0.15, 0.2) is 42.5 Å². The minimum absolute atomic E-state index is 0.00390. The smallest absolute Gasteiger partial charge is 0.261 e. The highest BCUT2D eigenvalue weighted by Crippen LogP contribution is 2.16. The Bertz CT molecular complexity index is 565. The van der Waals surface area contributed by atoms with E-state index in [1.54, 1.807) is 0 Å². The second-order valence-electron chi connectivity index (χ2n) is 4.94. The molecule has 0 aliphatic rings. The fourth-order valence-electron chi connectivity index (χ4n) is 2.00. The molecule has 0 saturated carbocycles. The highest BCUT2D eigenvalue weighted by Gasteiger charge is 2.07. The Kier molecular flexibility index (Phi) is 5.96. The van der Waals surface area contributed by atoms with Gasteiger partial charge in [0.15, 0.2) is 0 Å². The lowest BCUT2D eigenvalue weighted by molar-refractivity contribution is 0.0635. The fourth-order valence-corrected chi connectivity index (χ4v) is 2.78. The zero-order valence-electron chi connectivity index (χ0n) is 12.5. The third-order valence-electron chi connectivity index (χ3n) is 3.21. The quantitative estimate of drug-likeness (QED) is 0.786. The first kappa shape index (κ1) is 15.7. The summed E-state index contributed by atoms with van der Waals surface area (Å²) in [5.41, 5.74) is 1.18. The Labute approximate surface area is 130 Å². The summed E-state index contributed by atoms with van der Waals surface area (Å²) < 4.78 is 5.77. The van der Waals surface area contributed by atoms with Crippen molar-refractivity contribution in [2.75, 3.05) is 13.2 Å². The molecule has 3 nitrogen and oxygen atoms in total. The molecule has 0 aliphatic heterocycles. The Morgan fingerprint density at radius 3 is 2.67 bits per heavy atom. The number of aryl methyl sites for hydroxylation is 1. The average molecular weight is 303 g/mol. The van der Waals surface area contributed by atoms with E-state index in [0.717, 1.165) is 16.2 Å². The molecule has 0 bridgehead atoms. The second-order valence-corrected chi connectivity index (χ2v) is 6.23. The molecule has 0 spiro atoms. The average Bonchev–Trinajstić information content (AvgIpc) is 2.94. The largest absolute Gasteiger partial charge is 0.374 e. The monoisotopic (exact) mass is 303 g/mol. The van der Waals surface area contributed by atoms with Gasteiger partial charge in [-0.2, -0.15) is 0 Å². The van der Waals surface area contributed by atoms with Gasteiger partial charge in [-0.1, -0.05) is 30.3 Å². The van der Waals surface area contributed by atoms with Crippen LogP contribution in [0.3, 0.4) is 0 Å². The number of carbonyl (C=O) groups is 1. The van der Waals surface area contributed by atoms with Crippen LogP contribution in [-0.4, -0.2) is 19.1 Å². The lowest BCUT2D eigenvalue weighted by Crippen LogP contribution is -2.24. The number of nitrogens with one attached hydrogen (secondary N) is 1. The number of amides is 1. The van der Waals surface area contributed by atoms with Crippen LogP contribution < -0.4 is 5.32 Å². The van der Waals surface area contributed by atoms with E-state index >= 15 is 0 Å². The van der Waals surface area contributed by atoms with E-state index < -0.39 is 0 Å². The van der Waals surface area contributed by atoms with E-state index in [-0.39, 0.29) is 12.0 Å². The topological polar surface area (TPSA) is 38.3 Å². The van der Waals surface area contributed by atoms with Crippen molar-refractivity contribution in [1.82, 2.24) is 5.32 Å². The molecular weight excluding hydrogens is 282 g/mol. The first-order valence-electron chi connectivity index (χ1n) is 7.18. The van der Waals surface area contributed by atoms with Crippen LogP contribution in [0.2, 0.25) is 0 Å². The normalized spacial score (nSPS) is 12.1. The van der Waals surface area contributed by atoms with E-state index in [9.17, 15) is 4.79 Å². The molecule has 1 unspecified atom stereocenters. The van der Waals surface area contributed by atoms with Gasteiger partial charge >= 0.3 is 0 Å².